The minimum atomic E-state index is 0.0481. The van der Waals surface area contributed by atoms with E-state index in [-0.39, 0.29) is 17.9 Å². The lowest BCUT2D eigenvalue weighted by Gasteiger charge is -2.34. The molecule has 0 aliphatic carbocycles. The molecule has 2 fully saturated rings. The highest BCUT2D eigenvalue weighted by Crippen LogP contribution is 2.15. The van der Waals surface area contributed by atoms with Gasteiger partial charge in [-0.15, -0.1) is 0 Å². The molecule has 3 rings (SSSR count). The summed E-state index contributed by atoms with van der Waals surface area (Å²) in [7, 11) is 0. The summed E-state index contributed by atoms with van der Waals surface area (Å²) < 4.78 is 7.58. The molecule has 1 aromatic rings. The van der Waals surface area contributed by atoms with Gasteiger partial charge in [0.05, 0.1) is 25.2 Å². The second kappa shape index (κ2) is 5.71. The highest BCUT2D eigenvalue weighted by molar-refractivity contribution is 5.79. The molecule has 2 atom stereocenters. The van der Waals surface area contributed by atoms with E-state index in [0.717, 1.165) is 19.5 Å². The lowest BCUT2D eigenvalue weighted by molar-refractivity contribution is -0.143. The van der Waals surface area contributed by atoms with Crippen molar-refractivity contribution in [2.75, 3.05) is 32.8 Å². The zero-order valence-corrected chi connectivity index (χ0v) is 11.0. The molecule has 6 heteroatoms. The molecule has 3 heterocycles. The van der Waals surface area contributed by atoms with Crippen LogP contribution in [-0.2, 0) is 16.1 Å². The van der Waals surface area contributed by atoms with Gasteiger partial charge in [0.25, 0.3) is 0 Å². The summed E-state index contributed by atoms with van der Waals surface area (Å²) in [6.45, 7) is 4.50. The SMILES string of the molecule is O=C(C1CCNC1)N1CCOC(Cn2cccn2)C1. The van der Waals surface area contributed by atoms with Crippen molar-refractivity contribution < 1.29 is 9.53 Å². The standard InChI is InChI=1S/C13H20N4O2/c18-13(11-2-4-14-8-11)16-6-7-19-12(9-16)10-17-5-1-3-15-17/h1,3,5,11-12,14H,2,4,6-10H2. The first-order chi connectivity index (χ1) is 9.33. The van der Waals surface area contributed by atoms with Gasteiger partial charge in [-0.25, -0.2) is 0 Å². The fourth-order valence-electron chi connectivity index (χ4n) is 2.77. The van der Waals surface area contributed by atoms with Crippen molar-refractivity contribution in [1.29, 1.82) is 0 Å². The Kier molecular flexibility index (Phi) is 3.79. The topological polar surface area (TPSA) is 59.4 Å². The second-order valence-corrected chi connectivity index (χ2v) is 5.19. The smallest absolute Gasteiger partial charge is 0.227 e. The lowest BCUT2D eigenvalue weighted by atomic mass is 10.1. The lowest BCUT2D eigenvalue weighted by Crippen LogP contribution is -2.49. The molecule has 2 aliphatic heterocycles. The van der Waals surface area contributed by atoms with Gasteiger partial charge in [0.1, 0.15) is 0 Å². The predicted molar refractivity (Wildman–Crippen MR) is 69.5 cm³/mol. The van der Waals surface area contributed by atoms with Crippen LogP contribution in [0, 0.1) is 5.92 Å². The number of carbonyl (C=O) groups excluding carboxylic acids is 1. The molecule has 1 N–H and O–H groups in total. The average Bonchev–Trinajstić information content (AvgIpc) is 3.11. The predicted octanol–water partition coefficient (Wildman–Crippen LogP) is -0.280. The Hall–Kier alpha value is -1.40. The number of nitrogens with one attached hydrogen (secondary N) is 1. The van der Waals surface area contributed by atoms with Crippen molar-refractivity contribution in [3.63, 3.8) is 0 Å². The van der Waals surface area contributed by atoms with Gasteiger partial charge in [0.15, 0.2) is 0 Å². The number of nitrogens with zero attached hydrogens (tertiary/aromatic N) is 3. The molecule has 2 unspecified atom stereocenters. The highest BCUT2D eigenvalue weighted by Gasteiger charge is 2.31. The summed E-state index contributed by atoms with van der Waals surface area (Å²) in [5, 5.41) is 7.43. The number of ether oxygens (including phenoxy) is 1. The monoisotopic (exact) mass is 264 g/mol. The maximum atomic E-state index is 12.4. The molecule has 0 spiro atoms. The van der Waals surface area contributed by atoms with Gasteiger partial charge in [0.2, 0.25) is 5.91 Å². The average molecular weight is 264 g/mol. The molecule has 2 saturated heterocycles. The molecular weight excluding hydrogens is 244 g/mol. The Morgan fingerprint density at radius 2 is 2.47 bits per heavy atom. The Morgan fingerprint density at radius 1 is 1.53 bits per heavy atom. The van der Waals surface area contributed by atoms with Crippen molar-refractivity contribution in [1.82, 2.24) is 20.0 Å². The van der Waals surface area contributed by atoms with Crippen LogP contribution in [0.5, 0.6) is 0 Å². The van der Waals surface area contributed by atoms with Crippen molar-refractivity contribution >= 4 is 5.91 Å². The van der Waals surface area contributed by atoms with E-state index in [9.17, 15) is 4.79 Å². The second-order valence-electron chi connectivity index (χ2n) is 5.19. The van der Waals surface area contributed by atoms with Crippen LogP contribution in [0.2, 0.25) is 0 Å². The first-order valence-electron chi connectivity index (χ1n) is 6.91. The summed E-state index contributed by atoms with van der Waals surface area (Å²) >= 11 is 0. The van der Waals surface area contributed by atoms with E-state index in [2.05, 4.69) is 10.4 Å². The van der Waals surface area contributed by atoms with Crippen LogP contribution in [-0.4, -0.2) is 59.5 Å². The molecule has 6 nitrogen and oxygen atoms in total. The third kappa shape index (κ3) is 2.96. The van der Waals surface area contributed by atoms with E-state index in [1.165, 1.54) is 0 Å². The number of hydrogen-bond donors (Lipinski definition) is 1. The maximum Gasteiger partial charge on any atom is 0.227 e. The van der Waals surface area contributed by atoms with Crippen LogP contribution in [0.4, 0.5) is 0 Å². The molecule has 104 valence electrons. The molecule has 1 aromatic heterocycles. The van der Waals surface area contributed by atoms with Gasteiger partial charge in [-0.05, 0) is 19.0 Å². The van der Waals surface area contributed by atoms with E-state index in [1.807, 2.05) is 21.8 Å². The summed E-state index contributed by atoms with van der Waals surface area (Å²) in [6, 6.07) is 1.90. The van der Waals surface area contributed by atoms with Crippen LogP contribution in [0.1, 0.15) is 6.42 Å². The van der Waals surface area contributed by atoms with Gasteiger partial charge in [-0.1, -0.05) is 0 Å². The van der Waals surface area contributed by atoms with Crippen molar-refractivity contribution in [2.45, 2.75) is 19.1 Å². The van der Waals surface area contributed by atoms with Crippen LogP contribution in [0.15, 0.2) is 18.5 Å². The fourth-order valence-corrected chi connectivity index (χ4v) is 2.77. The Morgan fingerprint density at radius 3 is 3.21 bits per heavy atom. The number of aromatic nitrogens is 2. The van der Waals surface area contributed by atoms with E-state index < -0.39 is 0 Å². The summed E-state index contributed by atoms with van der Waals surface area (Å²) in [6.07, 6.45) is 4.69. The minimum absolute atomic E-state index is 0.0481. The third-order valence-corrected chi connectivity index (χ3v) is 3.81. The van der Waals surface area contributed by atoms with Gasteiger partial charge in [-0.2, -0.15) is 5.10 Å². The Balaban J connectivity index is 1.56. The van der Waals surface area contributed by atoms with E-state index in [4.69, 9.17) is 4.74 Å². The molecule has 1 amide bonds. The largest absolute Gasteiger partial charge is 0.373 e. The quantitative estimate of drug-likeness (QED) is 0.816. The minimum Gasteiger partial charge on any atom is -0.373 e. The highest BCUT2D eigenvalue weighted by atomic mass is 16.5. The summed E-state index contributed by atoms with van der Waals surface area (Å²) in [5.74, 6) is 0.433. The number of morpholine rings is 1. The van der Waals surface area contributed by atoms with Gasteiger partial charge in [0, 0.05) is 32.0 Å². The van der Waals surface area contributed by atoms with Crippen molar-refractivity contribution in [2.24, 2.45) is 5.92 Å². The zero-order chi connectivity index (χ0) is 13.1. The number of rotatable bonds is 3. The molecular formula is C13H20N4O2. The maximum absolute atomic E-state index is 12.4. The summed E-state index contributed by atoms with van der Waals surface area (Å²) in [4.78, 5) is 14.3. The molecule has 0 saturated carbocycles. The van der Waals surface area contributed by atoms with Gasteiger partial charge < -0.3 is 15.0 Å². The molecule has 0 aromatic carbocycles. The Bertz CT molecular complexity index is 414. The molecule has 19 heavy (non-hydrogen) atoms. The first-order valence-corrected chi connectivity index (χ1v) is 6.91. The number of hydrogen-bond acceptors (Lipinski definition) is 4. The number of carbonyl (C=O) groups is 1. The van der Waals surface area contributed by atoms with Gasteiger partial charge in [-0.3, -0.25) is 9.48 Å². The molecule has 2 aliphatic rings. The first kappa shape index (κ1) is 12.6. The zero-order valence-electron chi connectivity index (χ0n) is 11.0. The van der Waals surface area contributed by atoms with Crippen LogP contribution in [0.3, 0.4) is 0 Å². The van der Waals surface area contributed by atoms with E-state index >= 15 is 0 Å². The van der Waals surface area contributed by atoms with Crippen molar-refractivity contribution in [3.8, 4) is 0 Å². The Labute approximate surface area is 112 Å². The van der Waals surface area contributed by atoms with Crippen LogP contribution >= 0.6 is 0 Å². The third-order valence-electron chi connectivity index (χ3n) is 3.81. The van der Waals surface area contributed by atoms with Gasteiger partial charge >= 0.3 is 0 Å². The van der Waals surface area contributed by atoms with Crippen molar-refractivity contribution in [3.05, 3.63) is 18.5 Å². The fraction of sp³-hybridized carbons (Fsp3) is 0.692. The summed E-state index contributed by atoms with van der Waals surface area (Å²) in [5.41, 5.74) is 0. The van der Waals surface area contributed by atoms with E-state index in [1.54, 1.807) is 6.20 Å². The van der Waals surface area contributed by atoms with E-state index in [0.29, 0.717) is 26.2 Å². The molecule has 0 radical (unpaired) electrons. The van der Waals surface area contributed by atoms with Crippen LogP contribution < -0.4 is 5.32 Å². The number of amides is 1. The van der Waals surface area contributed by atoms with Crippen LogP contribution in [0.25, 0.3) is 0 Å². The molecule has 0 bridgehead atoms. The normalized spacial score (nSPS) is 27.7.